The lowest BCUT2D eigenvalue weighted by Crippen LogP contribution is -2.21. The molecule has 0 atom stereocenters. The van der Waals surface area contributed by atoms with Crippen LogP contribution in [0.15, 0.2) is 48.7 Å². The summed E-state index contributed by atoms with van der Waals surface area (Å²) in [5.74, 6) is -0.249. The van der Waals surface area contributed by atoms with E-state index in [1.165, 1.54) is 12.1 Å². The number of aromatic nitrogens is 1. The van der Waals surface area contributed by atoms with Crippen LogP contribution in [0.2, 0.25) is 0 Å². The normalized spacial score (nSPS) is 10.9. The van der Waals surface area contributed by atoms with Crippen LogP contribution in [0.4, 0.5) is 11.4 Å². The second-order valence-electron chi connectivity index (χ2n) is 4.27. The molecular weight excluding hydrogens is 292 g/mol. The molecule has 0 radical (unpaired) electrons. The number of hydrogen-bond donors (Lipinski definition) is 3. The Bertz CT molecular complexity index is 732. The summed E-state index contributed by atoms with van der Waals surface area (Å²) in [6.07, 6.45) is 1.74. The SMILES string of the molecule is NS(=O)(=O)Nc1cccc(NC(=O)Cc2ccccn2)c1. The summed E-state index contributed by atoms with van der Waals surface area (Å²) in [6.45, 7) is 0. The molecule has 0 saturated carbocycles. The fourth-order valence-corrected chi connectivity index (χ4v) is 2.15. The zero-order valence-corrected chi connectivity index (χ0v) is 11.8. The number of nitrogens with two attached hydrogens (primary N) is 1. The number of hydrogen-bond acceptors (Lipinski definition) is 4. The van der Waals surface area contributed by atoms with Crippen LogP contribution in [0.5, 0.6) is 0 Å². The standard InChI is InChI=1S/C13H14N4O3S/c14-21(19,20)17-12-6-3-5-11(8-12)16-13(18)9-10-4-1-2-7-15-10/h1-8,17H,9H2,(H,16,18)(H2,14,19,20). The molecule has 110 valence electrons. The molecule has 7 nitrogen and oxygen atoms in total. The largest absolute Gasteiger partial charge is 0.326 e. The van der Waals surface area contributed by atoms with E-state index in [2.05, 4.69) is 15.0 Å². The van der Waals surface area contributed by atoms with Gasteiger partial charge in [0.2, 0.25) is 5.91 Å². The van der Waals surface area contributed by atoms with Crippen LogP contribution >= 0.6 is 0 Å². The van der Waals surface area contributed by atoms with Gasteiger partial charge in [-0.1, -0.05) is 12.1 Å². The third-order valence-corrected chi connectivity index (χ3v) is 2.99. The molecule has 0 aliphatic rings. The molecule has 1 aromatic heterocycles. The lowest BCUT2D eigenvalue weighted by molar-refractivity contribution is -0.115. The highest BCUT2D eigenvalue weighted by molar-refractivity contribution is 7.90. The van der Waals surface area contributed by atoms with Gasteiger partial charge in [-0.05, 0) is 30.3 Å². The first-order chi connectivity index (χ1) is 9.92. The zero-order valence-electron chi connectivity index (χ0n) is 11.0. The quantitative estimate of drug-likeness (QED) is 0.760. The molecule has 0 spiro atoms. The number of carbonyl (C=O) groups excluding carboxylic acids is 1. The maximum atomic E-state index is 11.9. The number of nitrogens with one attached hydrogen (secondary N) is 2. The van der Waals surface area contributed by atoms with Crippen molar-refractivity contribution in [1.82, 2.24) is 4.98 Å². The Morgan fingerprint density at radius 3 is 2.57 bits per heavy atom. The fourth-order valence-electron chi connectivity index (χ4n) is 1.70. The van der Waals surface area contributed by atoms with Gasteiger partial charge in [-0.3, -0.25) is 14.5 Å². The van der Waals surface area contributed by atoms with E-state index in [1.54, 1.807) is 36.5 Å². The zero-order chi connectivity index (χ0) is 15.3. The van der Waals surface area contributed by atoms with E-state index in [9.17, 15) is 13.2 Å². The molecule has 0 unspecified atom stereocenters. The summed E-state index contributed by atoms with van der Waals surface area (Å²) >= 11 is 0. The Morgan fingerprint density at radius 2 is 1.90 bits per heavy atom. The van der Waals surface area contributed by atoms with Crippen LogP contribution in [0.3, 0.4) is 0 Å². The van der Waals surface area contributed by atoms with Crippen LogP contribution in [0.1, 0.15) is 5.69 Å². The molecule has 2 aromatic rings. The topological polar surface area (TPSA) is 114 Å². The van der Waals surface area contributed by atoms with Gasteiger partial charge >= 0.3 is 0 Å². The molecule has 1 aromatic carbocycles. The third-order valence-electron chi connectivity index (χ3n) is 2.47. The Kier molecular flexibility index (Phi) is 4.51. The van der Waals surface area contributed by atoms with Crippen LogP contribution in [-0.4, -0.2) is 19.3 Å². The van der Waals surface area contributed by atoms with Gasteiger partial charge in [-0.15, -0.1) is 0 Å². The molecule has 21 heavy (non-hydrogen) atoms. The summed E-state index contributed by atoms with van der Waals surface area (Å²) in [7, 11) is -3.84. The molecule has 0 aliphatic carbocycles. The van der Waals surface area contributed by atoms with Crippen molar-refractivity contribution in [3.8, 4) is 0 Å². The predicted molar refractivity (Wildman–Crippen MR) is 79.7 cm³/mol. The van der Waals surface area contributed by atoms with E-state index < -0.39 is 10.2 Å². The van der Waals surface area contributed by atoms with Crippen molar-refractivity contribution in [1.29, 1.82) is 0 Å². The van der Waals surface area contributed by atoms with E-state index in [0.717, 1.165) is 0 Å². The second-order valence-corrected chi connectivity index (χ2v) is 5.57. The van der Waals surface area contributed by atoms with Gasteiger partial charge in [0.05, 0.1) is 12.1 Å². The highest BCUT2D eigenvalue weighted by Gasteiger charge is 2.07. The first-order valence-electron chi connectivity index (χ1n) is 6.03. The molecule has 1 amide bonds. The minimum Gasteiger partial charge on any atom is -0.326 e. The highest BCUT2D eigenvalue weighted by Crippen LogP contribution is 2.15. The van der Waals surface area contributed by atoms with Crippen molar-refractivity contribution in [2.75, 3.05) is 10.0 Å². The summed E-state index contributed by atoms with van der Waals surface area (Å²) in [5.41, 5.74) is 1.38. The predicted octanol–water partition coefficient (Wildman–Crippen LogP) is 0.878. The van der Waals surface area contributed by atoms with E-state index in [1.807, 2.05) is 0 Å². The van der Waals surface area contributed by atoms with Crippen LogP contribution < -0.4 is 15.2 Å². The monoisotopic (exact) mass is 306 g/mol. The third kappa shape index (κ3) is 5.21. The van der Waals surface area contributed by atoms with Gasteiger partial charge in [0.1, 0.15) is 0 Å². The highest BCUT2D eigenvalue weighted by atomic mass is 32.2. The van der Waals surface area contributed by atoms with Gasteiger partial charge in [0.15, 0.2) is 0 Å². The number of nitrogens with zero attached hydrogens (tertiary/aromatic N) is 1. The molecule has 4 N–H and O–H groups in total. The van der Waals surface area contributed by atoms with E-state index in [-0.39, 0.29) is 18.0 Å². The van der Waals surface area contributed by atoms with Crippen molar-refractivity contribution >= 4 is 27.5 Å². The Balaban J connectivity index is 2.02. The molecule has 8 heteroatoms. The number of rotatable bonds is 5. The first kappa shape index (κ1) is 14.9. The number of pyridine rings is 1. The van der Waals surface area contributed by atoms with Crippen molar-refractivity contribution in [2.45, 2.75) is 6.42 Å². The average molecular weight is 306 g/mol. The maximum Gasteiger partial charge on any atom is 0.296 e. The Morgan fingerprint density at radius 1 is 1.14 bits per heavy atom. The molecule has 2 rings (SSSR count). The molecular formula is C13H14N4O3S. The van der Waals surface area contributed by atoms with Crippen molar-refractivity contribution in [3.05, 3.63) is 54.4 Å². The van der Waals surface area contributed by atoms with Gasteiger partial charge in [-0.25, -0.2) is 5.14 Å². The summed E-state index contributed by atoms with van der Waals surface area (Å²) < 4.78 is 24.0. The maximum absolute atomic E-state index is 11.9. The molecule has 0 saturated heterocycles. The molecule has 1 heterocycles. The number of amides is 1. The number of carbonyl (C=O) groups is 1. The number of benzene rings is 1. The smallest absolute Gasteiger partial charge is 0.296 e. The molecule has 0 fully saturated rings. The van der Waals surface area contributed by atoms with Crippen LogP contribution in [0.25, 0.3) is 0 Å². The summed E-state index contributed by atoms with van der Waals surface area (Å²) in [5, 5.41) is 7.55. The summed E-state index contributed by atoms with van der Waals surface area (Å²) in [4.78, 5) is 15.9. The number of anilines is 2. The second kappa shape index (κ2) is 6.33. The van der Waals surface area contributed by atoms with E-state index in [0.29, 0.717) is 11.4 Å². The fraction of sp³-hybridized carbons (Fsp3) is 0.0769. The van der Waals surface area contributed by atoms with Gasteiger partial charge < -0.3 is 5.32 Å². The van der Waals surface area contributed by atoms with Crippen molar-refractivity contribution < 1.29 is 13.2 Å². The minimum absolute atomic E-state index is 0.133. The first-order valence-corrected chi connectivity index (χ1v) is 7.57. The lowest BCUT2D eigenvalue weighted by Gasteiger charge is -2.08. The minimum atomic E-state index is -3.84. The average Bonchev–Trinajstić information content (AvgIpc) is 2.38. The molecule has 0 aliphatic heterocycles. The lowest BCUT2D eigenvalue weighted by atomic mass is 10.2. The van der Waals surface area contributed by atoms with Crippen molar-refractivity contribution in [3.63, 3.8) is 0 Å². The van der Waals surface area contributed by atoms with Gasteiger partial charge in [0.25, 0.3) is 10.2 Å². The van der Waals surface area contributed by atoms with Crippen molar-refractivity contribution in [2.24, 2.45) is 5.14 Å². The molecule has 0 bridgehead atoms. The van der Waals surface area contributed by atoms with Gasteiger partial charge in [0, 0.05) is 17.6 Å². The Hall–Kier alpha value is -2.45. The van der Waals surface area contributed by atoms with Gasteiger partial charge in [-0.2, -0.15) is 8.42 Å². The summed E-state index contributed by atoms with van der Waals surface area (Å²) in [6, 6.07) is 11.6. The van der Waals surface area contributed by atoms with Crippen LogP contribution in [-0.2, 0) is 21.4 Å². The Labute approximate surface area is 122 Å². The van der Waals surface area contributed by atoms with Crippen LogP contribution in [0, 0.1) is 0 Å². The van der Waals surface area contributed by atoms with E-state index >= 15 is 0 Å². The van der Waals surface area contributed by atoms with E-state index in [4.69, 9.17) is 5.14 Å².